The lowest BCUT2D eigenvalue weighted by Crippen LogP contribution is -2.42. The van der Waals surface area contributed by atoms with Crippen molar-refractivity contribution in [2.45, 2.75) is 25.9 Å². The van der Waals surface area contributed by atoms with Crippen LogP contribution in [0.25, 0.3) is 0 Å². The lowest BCUT2D eigenvalue weighted by Gasteiger charge is -2.25. The van der Waals surface area contributed by atoms with Gasteiger partial charge in [0.2, 0.25) is 0 Å². The van der Waals surface area contributed by atoms with Gasteiger partial charge in [0.05, 0.1) is 6.61 Å². The van der Waals surface area contributed by atoms with Gasteiger partial charge in [-0.1, -0.05) is 12.1 Å². The minimum Gasteiger partial charge on any atom is -0.479 e. The first-order valence-corrected chi connectivity index (χ1v) is 5.90. The van der Waals surface area contributed by atoms with Crippen LogP contribution >= 0.6 is 0 Å². The third-order valence-corrected chi connectivity index (χ3v) is 2.50. The number of hydrogen-bond donors (Lipinski definition) is 1. The second-order valence-corrected chi connectivity index (χ2v) is 4.76. The molecule has 18 heavy (non-hydrogen) atoms. The fraction of sp³-hybridized carbons (Fsp3) is 0.500. The molecule has 0 amide bonds. The number of nitriles is 1. The van der Waals surface area contributed by atoms with E-state index in [2.05, 4.69) is 19.2 Å². The molecule has 1 N–H and O–H groups in total. The van der Waals surface area contributed by atoms with Crippen LogP contribution in [0.4, 0.5) is 0 Å². The van der Waals surface area contributed by atoms with Crippen LogP contribution in [-0.2, 0) is 11.3 Å². The summed E-state index contributed by atoms with van der Waals surface area (Å²) in [6.45, 7) is 5.71. The summed E-state index contributed by atoms with van der Waals surface area (Å²) >= 11 is 0. The Kier molecular flexibility index (Phi) is 5.63. The SMILES string of the molecule is COCC(C)(C)NCc1ccc(OCC#N)cc1. The van der Waals surface area contributed by atoms with Crippen molar-refractivity contribution >= 4 is 0 Å². The zero-order valence-electron chi connectivity index (χ0n) is 11.2. The molecule has 1 rings (SSSR count). The number of hydrogen-bond acceptors (Lipinski definition) is 4. The van der Waals surface area contributed by atoms with Crippen LogP contribution in [0.5, 0.6) is 5.75 Å². The molecule has 0 spiro atoms. The molecule has 0 saturated heterocycles. The Bertz CT molecular complexity index is 393. The second-order valence-electron chi connectivity index (χ2n) is 4.76. The highest BCUT2D eigenvalue weighted by Crippen LogP contribution is 2.13. The molecule has 0 aliphatic carbocycles. The largest absolute Gasteiger partial charge is 0.479 e. The number of benzene rings is 1. The van der Waals surface area contributed by atoms with Gasteiger partial charge in [-0.25, -0.2) is 0 Å². The molecule has 0 aliphatic rings. The molecular formula is C14H20N2O2. The summed E-state index contributed by atoms with van der Waals surface area (Å²) in [5, 5.41) is 11.8. The van der Waals surface area contributed by atoms with Crippen LogP contribution < -0.4 is 10.1 Å². The first-order chi connectivity index (χ1) is 8.57. The predicted molar refractivity (Wildman–Crippen MR) is 70.3 cm³/mol. The van der Waals surface area contributed by atoms with E-state index in [4.69, 9.17) is 14.7 Å². The van der Waals surface area contributed by atoms with Crippen molar-refractivity contribution in [1.29, 1.82) is 5.26 Å². The van der Waals surface area contributed by atoms with E-state index in [1.807, 2.05) is 30.3 Å². The molecular weight excluding hydrogens is 228 g/mol. The topological polar surface area (TPSA) is 54.3 Å². The number of rotatable bonds is 7. The Hall–Kier alpha value is -1.57. The van der Waals surface area contributed by atoms with Crippen LogP contribution in [0.15, 0.2) is 24.3 Å². The van der Waals surface area contributed by atoms with E-state index in [1.54, 1.807) is 7.11 Å². The summed E-state index contributed by atoms with van der Waals surface area (Å²) < 4.78 is 10.3. The summed E-state index contributed by atoms with van der Waals surface area (Å²) in [6, 6.07) is 9.66. The van der Waals surface area contributed by atoms with Gasteiger partial charge in [0.1, 0.15) is 11.8 Å². The van der Waals surface area contributed by atoms with Gasteiger partial charge in [-0.05, 0) is 31.5 Å². The van der Waals surface area contributed by atoms with Crippen LogP contribution in [0.3, 0.4) is 0 Å². The van der Waals surface area contributed by atoms with Gasteiger partial charge >= 0.3 is 0 Å². The Labute approximate surface area is 109 Å². The molecule has 0 radical (unpaired) electrons. The Morgan fingerprint density at radius 1 is 1.28 bits per heavy atom. The minimum atomic E-state index is -0.0509. The fourth-order valence-corrected chi connectivity index (χ4v) is 1.57. The smallest absolute Gasteiger partial charge is 0.174 e. The van der Waals surface area contributed by atoms with Crippen molar-refractivity contribution in [3.8, 4) is 11.8 Å². The Morgan fingerprint density at radius 2 is 1.94 bits per heavy atom. The lowest BCUT2D eigenvalue weighted by molar-refractivity contribution is 0.128. The van der Waals surface area contributed by atoms with Crippen LogP contribution in [-0.4, -0.2) is 25.9 Å². The highest BCUT2D eigenvalue weighted by Gasteiger charge is 2.15. The normalized spacial score (nSPS) is 11.0. The summed E-state index contributed by atoms with van der Waals surface area (Å²) in [5.41, 5.74) is 1.12. The average Bonchev–Trinajstić information content (AvgIpc) is 2.35. The molecule has 1 aromatic carbocycles. The summed E-state index contributed by atoms with van der Waals surface area (Å²) in [4.78, 5) is 0. The maximum absolute atomic E-state index is 8.41. The van der Waals surface area contributed by atoms with E-state index in [1.165, 1.54) is 5.56 Å². The molecule has 4 heteroatoms. The first kappa shape index (κ1) is 14.5. The fourth-order valence-electron chi connectivity index (χ4n) is 1.57. The predicted octanol–water partition coefficient (Wildman–Crippen LogP) is 2.10. The summed E-state index contributed by atoms with van der Waals surface area (Å²) in [5.74, 6) is 0.719. The third kappa shape index (κ3) is 5.17. The molecule has 0 aliphatic heterocycles. The van der Waals surface area contributed by atoms with Gasteiger partial charge in [-0.15, -0.1) is 0 Å². The molecule has 98 valence electrons. The highest BCUT2D eigenvalue weighted by molar-refractivity contribution is 5.27. The van der Waals surface area contributed by atoms with E-state index in [0.717, 1.165) is 12.3 Å². The van der Waals surface area contributed by atoms with E-state index in [0.29, 0.717) is 6.61 Å². The van der Waals surface area contributed by atoms with Gasteiger partial charge in [0.25, 0.3) is 0 Å². The molecule has 1 aromatic rings. The molecule has 0 atom stereocenters. The molecule has 0 heterocycles. The number of nitrogens with zero attached hydrogens (tertiary/aromatic N) is 1. The van der Waals surface area contributed by atoms with Crippen LogP contribution in [0.2, 0.25) is 0 Å². The van der Waals surface area contributed by atoms with Gasteiger partial charge < -0.3 is 14.8 Å². The summed E-state index contributed by atoms with van der Waals surface area (Å²) in [6.07, 6.45) is 0. The average molecular weight is 248 g/mol. The minimum absolute atomic E-state index is 0.0509. The maximum atomic E-state index is 8.41. The molecule has 0 bridgehead atoms. The molecule has 0 unspecified atom stereocenters. The third-order valence-electron chi connectivity index (χ3n) is 2.50. The number of methoxy groups -OCH3 is 1. The van der Waals surface area contributed by atoms with E-state index < -0.39 is 0 Å². The van der Waals surface area contributed by atoms with Crippen molar-refractivity contribution in [3.05, 3.63) is 29.8 Å². The molecule has 0 aromatic heterocycles. The highest BCUT2D eigenvalue weighted by atomic mass is 16.5. The van der Waals surface area contributed by atoms with Crippen molar-refractivity contribution < 1.29 is 9.47 Å². The van der Waals surface area contributed by atoms with Gasteiger partial charge in [-0.2, -0.15) is 5.26 Å². The van der Waals surface area contributed by atoms with Crippen LogP contribution in [0.1, 0.15) is 19.4 Å². The second kappa shape index (κ2) is 7.00. The van der Waals surface area contributed by atoms with Gasteiger partial charge in [0.15, 0.2) is 6.61 Å². The monoisotopic (exact) mass is 248 g/mol. The molecule has 0 fully saturated rings. The Morgan fingerprint density at radius 3 is 2.50 bits per heavy atom. The zero-order chi connectivity index (χ0) is 13.4. The zero-order valence-corrected chi connectivity index (χ0v) is 11.2. The number of ether oxygens (including phenoxy) is 2. The number of nitrogens with one attached hydrogen (secondary N) is 1. The van der Waals surface area contributed by atoms with Crippen molar-refractivity contribution in [3.63, 3.8) is 0 Å². The van der Waals surface area contributed by atoms with Crippen molar-refractivity contribution in [2.75, 3.05) is 20.3 Å². The first-order valence-electron chi connectivity index (χ1n) is 5.90. The van der Waals surface area contributed by atoms with Crippen molar-refractivity contribution in [2.24, 2.45) is 0 Å². The standard InChI is InChI=1S/C14H20N2O2/c1-14(2,11-17-3)16-10-12-4-6-13(7-5-12)18-9-8-15/h4-7,16H,9-11H2,1-3H3. The van der Waals surface area contributed by atoms with Gasteiger partial charge in [-0.3, -0.25) is 0 Å². The maximum Gasteiger partial charge on any atom is 0.174 e. The lowest BCUT2D eigenvalue weighted by atomic mass is 10.1. The van der Waals surface area contributed by atoms with E-state index in [9.17, 15) is 0 Å². The van der Waals surface area contributed by atoms with Gasteiger partial charge in [0, 0.05) is 19.2 Å². The molecule has 4 nitrogen and oxygen atoms in total. The quantitative estimate of drug-likeness (QED) is 0.803. The molecule has 0 saturated carbocycles. The Balaban J connectivity index is 2.46. The van der Waals surface area contributed by atoms with Crippen molar-refractivity contribution in [1.82, 2.24) is 5.32 Å². The van der Waals surface area contributed by atoms with E-state index >= 15 is 0 Å². The van der Waals surface area contributed by atoms with E-state index in [-0.39, 0.29) is 12.1 Å². The van der Waals surface area contributed by atoms with Crippen LogP contribution in [0, 0.1) is 11.3 Å². The summed E-state index contributed by atoms with van der Waals surface area (Å²) in [7, 11) is 1.70.